The SMILES string of the molecule is CCCNC(C)c1ccc(N2CCCC(O)C2)cc1Br. The van der Waals surface area contributed by atoms with Gasteiger partial charge in [0.15, 0.2) is 0 Å². The van der Waals surface area contributed by atoms with E-state index in [0.717, 1.165) is 43.4 Å². The first-order valence-corrected chi connectivity index (χ1v) is 8.37. The number of aliphatic hydroxyl groups excluding tert-OH is 1. The first-order valence-electron chi connectivity index (χ1n) is 7.57. The van der Waals surface area contributed by atoms with Gasteiger partial charge in [-0.3, -0.25) is 0 Å². The second kappa shape index (κ2) is 7.43. The smallest absolute Gasteiger partial charge is 0.0715 e. The summed E-state index contributed by atoms with van der Waals surface area (Å²) in [5.41, 5.74) is 2.49. The molecule has 0 radical (unpaired) electrons. The van der Waals surface area contributed by atoms with Gasteiger partial charge in [-0.2, -0.15) is 0 Å². The number of rotatable bonds is 5. The molecule has 1 heterocycles. The van der Waals surface area contributed by atoms with Gasteiger partial charge in [0.25, 0.3) is 0 Å². The average molecular weight is 341 g/mol. The number of anilines is 1. The van der Waals surface area contributed by atoms with E-state index in [1.54, 1.807) is 0 Å². The predicted octanol–water partition coefficient (Wildman–Crippen LogP) is 3.47. The molecule has 3 nitrogen and oxygen atoms in total. The van der Waals surface area contributed by atoms with Crippen LogP contribution >= 0.6 is 15.9 Å². The third-order valence-corrected chi connectivity index (χ3v) is 4.60. The van der Waals surface area contributed by atoms with Gasteiger partial charge in [-0.1, -0.05) is 28.9 Å². The summed E-state index contributed by atoms with van der Waals surface area (Å²) < 4.78 is 1.14. The maximum Gasteiger partial charge on any atom is 0.0715 e. The fraction of sp³-hybridized carbons (Fsp3) is 0.625. The summed E-state index contributed by atoms with van der Waals surface area (Å²) in [6.07, 6.45) is 2.95. The Balaban J connectivity index is 2.08. The molecule has 2 unspecified atom stereocenters. The van der Waals surface area contributed by atoms with Gasteiger partial charge in [0.2, 0.25) is 0 Å². The molecular formula is C16H25BrN2O. The summed E-state index contributed by atoms with van der Waals surface area (Å²) in [4.78, 5) is 2.27. The molecule has 1 fully saturated rings. The highest BCUT2D eigenvalue weighted by atomic mass is 79.9. The number of halogens is 1. The Hall–Kier alpha value is -0.580. The second-order valence-electron chi connectivity index (χ2n) is 5.62. The lowest BCUT2D eigenvalue weighted by atomic mass is 10.0. The fourth-order valence-electron chi connectivity index (χ4n) is 2.72. The summed E-state index contributed by atoms with van der Waals surface area (Å²) in [5, 5.41) is 13.3. The molecule has 1 aliphatic heterocycles. The van der Waals surface area contributed by atoms with Crippen molar-refractivity contribution in [1.29, 1.82) is 0 Å². The maximum atomic E-state index is 9.79. The number of hydrogen-bond donors (Lipinski definition) is 2. The van der Waals surface area contributed by atoms with Crippen molar-refractivity contribution in [3.8, 4) is 0 Å². The summed E-state index contributed by atoms with van der Waals surface area (Å²) in [6, 6.07) is 6.89. The van der Waals surface area contributed by atoms with E-state index in [0.29, 0.717) is 6.04 Å². The molecule has 1 aromatic carbocycles. The Bertz CT molecular complexity index is 438. The van der Waals surface area contributed by atoms with Crippen LogP contribution < -0.4 is 10.2 Å². The van der Waals surface area contributed by atoms with Gasteiger partial charge in [0.05, 0.1) is 6.10 Å². The van der Waals surface area contributed by atoms with Crippen LogP contribution in [0.2, 0.25) is 0 Å². The Labute approximate surface area is 130 Å². The highest BCUT2D eigenvalue weighted by Gasteiger charge is 2.19. The minimum absolute atomic E-state index is 0.188. The number of benzene rings is 1. The van der Waals surface area contributed by atoms with Crippen LogP contribution in [-0.2, 0) is 0 Å². The second-order valence-corrected chi connectivity index (χ2v) is 6.48. The van der Waals surface area contributed by atoms with Crippen molar-refractivity contribution < 1.29 is 5.11 Å². The molecule has 0 aromatic heterocycles. The van der Waals surface area contributed by atoms with Crippen LogP contribution in [0, 0.1) is 0 Å². The lowest BCUT2D eigenvalue weighted by molar-refractivity contribution is 0.154. The zero-order chi connectivity index (χ0) is 14.5. The van der Waals surface area contributed by atoms with Crippen LogP contribution in [-0.4, -0.2) is 30.8 Å². The first-order chi connectivity index (χ1) is 9.61. The molecule has 1 saturated heterocycles. The molecule has 112 valence electrons. The highest BCUT2D eigenvalue weighted by Crippen LogP contribution is 2.29. The Kier molecular flexibility index (Phi) is 5.87. The summed E-state index contributed by atoms with van der Waals surface area (Å²) in [6.45, 7) is 7.19. The van der Waals surface area contributed by atoms with Crippen molar-refractivity contribution in [2.75, 3.05) is 24.5 Å². The predicted molar refractivity (Wildman–Crippen MR) is 88.3 cm³/mol. The lowest BCUT2D eigenvalue weighted by Crippen LogP contribution is -2.38. The summed E-state index contributed by atoms with van der Waals surface area (Å²) >= 11 is 3.69. The normalized spacial score (nSPS) is 21.0. The van der Waals surface area contributed by atoms with E-state index < -0.39 is 0 Å². The van der Waals surface area contributed by atoms with Crippen LogP contribution in [0.3, 0.4) is 0 Å². The molecule has 1 aromatic rings. The average Bonchev–Trinajstić information content (AvgIpc) is 2.44. The number of aliphatic hydroxyl groups is 1. The topological polar surface area (TPSA) is 35.5 Å². The zero-order valence-corrected chi connectivity index (χ0v) is 14.0. The first kappa shape index (κ1) is 15.8. The van der Waals surface area contributed by atoms with Crippen molar-refractivity contribution in [1.82, 2.24) is 5.32 Å². The van der Waals surface area contributed by atoms with Crippen LogP contribution in [0.5, 0.6) is 0 Å². The zero-order valence-electron chi connectivity index (χ0n) is 12.4. The molecule has 4 heteroatoms. The van der Waals surface area contributed by atoms with Gasteiger partial charge >= 0.3 is 0 Å². The lowest BCUT2D eigenvalue weighted by Gasteiger charge is -2.32. The maximum absolute atomic E-state index is 9.79. The summed E-state index contributed by atoms with van der Waals surface area (Å²) in [5.74, 6) is 0. The van der Waals surface area contributed by atoms with Crippen molar-refractivity contribution >= 4 is 21.6 Å². The van der Waals surface area contributed by atoms with E-state index in [2.05, 4.69) is 58.2 Å². The number of piperidine rings is 1. The van der Waals surface area contributed by atoms with Gasteiger partial charge in [-0.05, 0) is 50.4 Å². The molecule has 20 heavy (non-hydrogen) atoms. The number of hydrogen-bond acceptors (Lipinski definition) is 3. The molecule has 2 rings (SSSR count). The van der Waals surface area contributed by atoms with E-state index in [1.807, 2.05) is 0 Å². The molecule has 0 saturated carbocycles. The number of nitrogens with zero attached hydrogens (tertiary/aromatic N) is 1. The van der Waals surface area contributed by atoms with Crippen molar-refractivity contribution in [2.24, 2.45) is 0 Å². The third-order valence-electron chi connectivity index (χ3n) is 3.91. The Morgan fingerprint density at radius 3 is 2.95 bits per heavy atom. The fourth-order valence-corrected chi connectivity index (χ4v) is 3.43. The van der Waals surface area contributed by atoms with Gasteiger partial charge in [0, 0.05) is 29.3 Å². The standard InChI is InChI=1S/C16H25BrN2O/c1-3-8-18-12(2)15-7-6-13(10-16(15)17)19-9-4-5-14(20)11-19/h6-7,10,12,14,18,20H,3-5,8-9,11H2,1-2H3. The third kappa shape index (κ3) is 3.96. The Morgan fingerprint density at radius 2 is 2.30 bits per heavy atom. The van der Waals surface area contributed by atoms with E-state index in [-0.39, 0.29) is 6.10 Å². The van der Waals surface area contributed by atoms with E-state index in [4.69, 9.17) is 0 Å². The minimum Gasteiger partial charge on any atom is -0.391 e. The van der Waals surface area contributed by atoms with Crippen molar-refractivity contribution in [3.05, 3.63) is 28.2 Å². The molecule has 0 spiro atoms. The highest BCUT2D eigenvalue weighted by molar-refractivity contribution is 9.10. The van der Waals surface area contributed by atoms with Crippen molar-refractivity contribution in [2.45, 2.75) is 45.3 Å². The van der Waals surface area contributed by atoms with E-state index in [1.165, 1.54) is 11.3 Å². The molecule has 0 amide bonds. The molecule has 2 N–H and O–H groups in total. The largest absolute Gasteiger partial charge is 0.391 e. The van der Waals surface area contributed by atoms with Gasteiger partial charge < -0.3 is 15.3 Å². The van der Waals surface area contributed by atoms with Gasteiger partial charge in [-0.15, -0.1) is 0 Å². The molecule has 1 aliphatic rings. The molecular weight excluding hydrogens is 316 g/mol. The quantitative estimate of drug-likeness (QED) is 0.861. The van der Waals surface area contributed by atoms with Crippen LogP contribution in [0.1, 0.15) is 44.7 Å². The van der Waals surface area contributed by atoms with Gasteiger partial charge in [0.1, 0.15) is 0 Å². The Morgan fingerprint density at radius 1 is 1.50 bits per heavy atom. The van der Waals surface area contributed by atoms with Crippen LogP contribution in [0.25, 0.3) is 0 Å². The van der Waals surface area contributed by atoms with Crippen LogP contribution in [0.15, 0.2) is 22.7 Å². The van der Waals surface area contributed by atoms with Crippen LogP contribution in [0.4, 0.5) is 5.69 Å². The van der Waals surface area contributed by atoms with E-state index >= 15 is 0 Å². The van der Waals surface area contributed by atoms with Crippen molar-refractivity contribution in [3.63, 3.8) is 0 Å². The monoisotopic (exact) mass is 340 g/mol. The molecule has 0 bridgehead atoms. The number of β-amino-alcohol motifs (C(OH)–C–C–N with tert-alkyl or cyclic N) is 1. The van der Waals surface area contributed by atoms with E-state index in [9.17, 15) is 5.11 Å². The van der Waals surface area contributed by atoms with Gasteiger partial charge in [-0.25, -0.2) is 0 Å². The minimum atomic E-state index is -0.188. The molecule has 0 aliphatic carbocycles. The molecule has 2 atom stereocenters. The summed E-state index contributed by atoms with van der Waals surface area (Å²) in [7, 11) is 0. The number of nitrogens with one attached hydrogen (secondary N) is 1.